The quantitative estimate of drug-likeness (QED) is 0.197. The summed E-state index contributed by atoms with van der Waals surface area (Å²) in [6.45, 7) is 11.4. The minimum atomic E-state index is -3.68. The summed E-state index contributed by atoms with van der Waals surface area (Å²) in [6, 6.07) is 22.3. The van der Waals surface area contributed by atoms with E-state index in [2.05, 4.69) is 19.1 Å². The van der Waals surface area contributed by atoms with Crippen molar-refractivity contribution in [2.75, 3.05) is 18.0 Å². The van der Waals surface area contributed by atoms with Crippen LogP contribution in [0, 0.1) is 11.8 Å². The standard InChI is InChI=1S/C31H37N3O3S2/c1-6-24-12-17-28-29(18-24)38-31(32-28)34(21-25-10-8-7-9-11-25)30(35)26-13-15-27(16-14-26)39(36,37)33(19-22(2)3)20-23(4)5/h7-18,22-23H,6,19-21H2,1-5H3. The number of benzene rings is 3. The molecule has 1 aromatic heterocycles. The van der Waals surface area contributed by atoms with Gasteiger partial charge in [-0.25, -0.2) is 13.4 Å². The molecule has 0 N–H and O–H groups in total. The number of hydrogen-bond donors (Lipinski definition) is 0. The van der Waals surface area contributed by atoms with Crippen LogP contribution >= 0.6 is 11.3 Å². The fourth-order valence-corrected chi connectivity index (χ4v) is 7.24. The Morgan fingerprint density at radius 2 is 1.51 bits per heavy atom. The number of aryl methyl sites for hydroxylation is 1. The third-order valence-corrected chi connectivity index (χ3v) is 9.27. The monoisotopic (exact) mass is 563 g/mol. The first-order valence-electron chi connectivity index (χ1n) is 13.4. The maximum absolute atomic E-state index is 13.9. The van der Waals surface area contributed by atoms with E-state index in [-0.39, 0.29) is 22.6 Å². The van der Waals surface area contributed by atoms with Gasteiger partial charge in [0.2, 0.25) is 10.0 Å². The van der Waals surface area contributed by atoms with Gasteiger partial charge in [0.15, 0.2) is 5.13 Å². The third-order valence-electron chi connectivity index (χ3n) is 6.39. The number of carbonyl (C=O) groups is 1. The van der Waals surface area contributed by atoms with E-state index >= 15 is 0 Å². The fourth-order valence-electron chi connectivity index (χ4n) is 4.44. The normalized spacial score (nSPS) is 12.1. The summed E-state index contributed by atoms with van der Waals surface area (Å²) in [5.74, 6) is 0.181. The number of hydrogen-bond acceptors (Lipinski definition) is 5. The lowest BCUT2D eigenvalue weighted by Gasteiger charge is -2.26. The molecule has 39 heavy (non-hydrogen) atoms. The van der Waals surface area contributed by atoms with E-state index in [1.807, 2.05) is 64.1 Å². The molecule has 0 aliphatic rings. The molecule has 206 valence electrons. The highest BCUT2D eigenvalue weighted by atomic mass is 32.2. The molecule has 0 bridgehead atoms. The van der Waals surface area contributed by atoms with Crippen molar-refractivity contribution in [2.24, 2.45) is 11.8 Å². The number of carbonyl (C=O) groups excluding carboxylic acids is 1. The molecule has 0 atom stereocenters. The van der Waals surface area contributed by atoms with E-state index in [1.54, 1.807) is 33.5 Å². The van der Waals surface area contributed by atoms with Gasteiger partial charge in [0, 0.05) is 18.7 Å². The minimum Gasteiger partial charge on any atom is -0.279 e. The van der Waals surface area contributed by atoms with Crippen LogP contribution in [0.5, 0.6) is 0 Å². The first-order chi connectivity index (χ1) is 18.6. The van der Waals surface area contributed by atoms with Gasteiger partial charge in [-0.3, -0.25) is 9.69 Å². The van der Waals surface area contributed by atoms with Crippen LogP contribution in [-0.2, 0) is 23.0 Å². The highest BCUT2D eigenvalue weighted by molar-refractivity contribution is 7.89. The molecule has 0 saturated heterocycles. The predicted octanol–water partition coefficient (Wildman–Crippen LogP) is 7.01. The van der Waals surface area contributed by atoms with Gasteiger partial charge in [-0.2, -0.15) is 4.31 Å². The maximum Gasteiger partial charge on any atom is 0.260 e. The summed E-state index contributed by atoms with van der Waals surface area (Å²) in [6.07, 6.45) is 0.927. The lowest BCUT2D eigenvalue weighted by molar-refractivity contribution is 0.0985. The zero-order chi connectivity index (χ0) is 28.2. The maximum atomic E-state index is 13.9. The van der Waals surface area contributed by atoms with Crippen LogP contribution in [0.15, 0.2) is 77.7 Å². The average molecular weight is 564 g/mol. The predicted molar refractivity (Wildman–Crippen MR) is 161 cm³/mol. The molecule has 4 rings (SSSR count). The number of fused-ring (bicyclic) bond motifs is 1. The molecule has 0 unspecified atom stereocenters. The van der Waals surface area contributed by atoms with E-state index in [0.29, 0.717) is 30.3 Å². The zero-order valence-electron chi connectivity index (χ0n) is 23.3. The van der Waals surface area contributed by atoms with Crippen molar-refractivity contribution in [3.05, 3.63) is 89.5 Å². The SMILES string of the molecule is CCc1ccc2nc(N(Cc3ccccc3)C(=O)c3ccc(S(=O)(=O)N(CC(C)C)CC(C)C)cc3)sc2c1. The summed E-state index contributed by atoms with van der Waals surface area (Å²) in [7, 11) is -3.68. The Kier molecular flexibility index (Phi) is 9.20. The van der Waals surface area contributed by atoms with Gasteiger partial charge in [0.05, 0.1) is 21.7 Å². The molecule has 0 saturated carbocycles. The topological polar surface area (TPSA) is 70.6 Å². The average Bonchev–Trinajstić information content (AvgIpc) is 3.34. The van der Waals surface area contributed by atoms with Crippen LogP contribution in [0.25, 0.3) is 10.2 Å². The molecule has 0 aliphatic heterocycles. The van der Waals surface area contributed by atoms with Crippen LogP contribution in [0.1, 0.15) is 56.1 Å². The van der Waals surface area contributed by atoms with E-state index in [9.17, 15) is 13.2 Å². The van der Waals surface area contributed by atoms with Crippen LogP contribution < -0.4 is 4.90 Å². The second kappa shape index (κ2) is 12.4. The van der Waals surface area contributed by atoms with E-state index < -0.39 is 10.0 Å². The molecule has 8 heteroatoms. The summed E-state index contributed by atoms with van der Waals surface area (Å²) in [5.41, 5.74) is 3.48. The molecule has 0 radical (unpaired) electrons. The Bertz CT molecular complexity index is 1500. The number of sulfonamides is 1. The number of anilines is 1. The Balaban J connectivity index is 1.67. The lowest BCUT2D eigenvalue weighted by atomic mass is 10.1. The fraction of sp³-hybridized carbons (Fsp3) is 0.355. The molecule has 1 heterocycles. The summed E-state index contributed by atoms with van der Waals surface area (Å²) in [5, 5.41) is 0.615. The van der Waals surface area contributed by atoms with E-state index in [4.69, 9.17) is 4.98 Å². The van der Waals surface area contributed by atoms with Gasteiger partial charge in [0.1, 0.15) is 0 Å². The van der Waals surface area contributed by atoms with Gasteiger partial charge in [0.25, 0.3) is 5.91 Å². The number of amides is 1. The number of aromatic nitrogens is 1. The van der Waals surface area contributed by atoms with Crippen molar-refractivity contribution < 1.29 is 13.2 Å². The lowest BCUT2D eigenvalue weighted by Crippen LogP contribution is -2.37. The molecule has 1 amide bonds. The molecule has 0 fully saturated rings. The summed E-state index contributed by atoms with van der Waals surface area (Å²) >= 11 is 1.49. The van der Waals surface area contributed by atoms with Crippen LogP contribution in [0.2, 0.25) is 0 Å². The van der Waals surface area contributed by atoms with Crippen LogP contribution in [0.3, 0.4) is 0 Å². The second-order valence-corrected chi connectivity index (χ2v) is 13.6. The number of thiazole rings is 1. The highest BCUT2D eigenvalue weighted by Crippen LogP contribution is 2.32. The van der Waals surface area contributed by atoms with Crippen LogP contribution in [-0.4, -0.2) is 36.7 Å². The van der Waals surface area contributed by atoms with Crippen molar-refractivity contribution in [3.8, 4) is 0 Å². The van der Waals surface area contributed by atoms with Crippen molar-refractivity contribution in [1.82, 2.24) is 9.29 Å². The van der Waals surface area contributed by atoms with Crippen molar-refractivity contribution >= 4 is 42.6 Å². The van der Waals surface area contributed by atoms with Crippen molar-refractivity contribution in [1.29, 1.82) is 0 Å². The van der Waals surface area contributed by atoms with Gasteiger partial charge in [-0.15, -0.1) is 0 Å². The Hall–Kier alpha value is -3.07. The third kappa shape index (κ3) is 6.93. The Labute approximate surface area is 236 Å². The molecule has 4 aromatic rings. The van der Waals surface area contributed by atoms with E-state index in [0.717, 1.165) is 22.2 Å². The molecular formula is C31H37N3O3S2. The number of rotatable bonds is 11. The molecule has 3 aromatic carbocycles. The molecule has 0 aliphatic carbocycles. The second-order valence-electron chi connectivity index (χ2n) is 10.7. The van der Waals surface area contributed by atoms with Gasteiger partial charge < -0.3 is 0 Å². The first-order valence-corrected chi connectivity index (χ1v) is 15.7. The smallest absolute Gasteiger partial charge is 0.260 e. The largest absolute Gasteiger partial charge is 0.279 e. The van der Waals surface area contributed by atoms with Crippen molar-refractivity contribution in [2.45, 2.75) is 52.5 Å². The van der Waals surface area contributed by atoms with Crippen LogP contribution in [0.4, 0.5) is 5.13 Å². The minimum absolute atomic E-state index is 0.196. The van der Waals surface area contributed by atoms with Gasteiger partial charge >= 0.3 is 0 Å². The summed E-state index contributed by atoms with van der Waals surface area (Å²) < 4.78 is 29.5. The van der Waals surface area contributed by atoms with E-state index in [1.165, 1.54) is 16.9 Å². The molecule has 6 nitrogen and oxygen atoms in total. The molecular weight excluding hydrogens is 526 g/mol. The van der Waals surface area contributed by atoms with Gasteiger partial charge in [-0.05, 0) is 65.8 Å². The van der Waals surface area contributed by atoms with Crippen molar-refractivity contribution in [3.63, 3.8) is 0 Å². The van der Waals surface area contributed by atoms with Gasteiger partial charge in [-0.1, -0.05) is 82.4 Å². The first kappa shape index (κ1) is 28.9. The molecule has 0 spiro atoms. The number of nitrogens with zero attached hydrogens (tertiary/aromatic N) is 3. The highest BCUT2D eigenvalue weighted by Gasteiger charge is 2.27. The zero-order valence-corrected chi connectivity index (χ0v) is 24.9. The Morgan fingerprint density at radius 1 is 0.872 bits per heavy atom. The summed E-state index contributed by atoms with van der Waals surface area (Å²) in [4.78, 5) is 20.5. The Morgan fingerprint density at radius 3 is 2.10 bits per heavy atom.